The van der Waals surface area contributed by atoms with Gasteiger partial charge in [0.25, 0.3) is 0 Å². The molecule has 0 bridgehead atoms. The summed E-state index contributed by atoms with van der Waals surface area (Å²) in [6.07, 6.45) is 0.106. The van der Waals surface area contributed by atoms with Crippen LogP contribution in [0.3, 0.4) is 0 Å². The Bertz CT molecular complexity index is 1010. The number of hydrogen-bond donors (Lipinski definition) is 0. The lowest BCUT2D eigenvalue weighted by molar-refractivity contribution is -0.141. The van der Waals surface area contributed by atoms with Gasteiger partial charge in [-0.25, -0.2) is 4.39 Å². The quantitative estimate of drug-likeness (QED) is 0.399. The molecule has 0 saturated carbocycles. The Hall–Kier alpha value is -2.73. The van der Waals surface area contributed by atoms with Gasteiger partial charge in [0.15, 0.2) is 6.61 Å². The minimum atomic E-state index is -0.456. The molecule has 0 unspecified atom stereocenters. The fourth-order valence-electron chi connectivity index (χ4n) is 3.08. The second kappa shape index (κ2) is 8.52. The Morgan fingerprint density at radius 2 is 1.68 bits per heavy atom. The number of carbonyl (C=O) groups is 2. The molecule has 2 aromatic carbocycles. The Labute approximate surface area is 171 Å². The first-order valence-electron chi connectivity index (χ1n) is 8.73. The molecule has 4 nitrogen and oxygen atoms in total. The van der Waals surface area contributed by atoms with Crippen LogP contribution in [0.5, 0.6) is 0 Å². The van der Waals surface area contributed by atoms with Gasteiger partial charge in [0.2, 0.25) is 5.78 Å². The molecule has 0 atom stereocenters. The van der Waals surface area contributed by atoms with Crippen molar-refractivity contribution in [3.05, 3.63) is 87.4 Å². The van der Waals surface area contributed by atoms with E-state index < -0.39 is 5.97 Å². The van der Waals surface area contributed by atoms with E-state index in [0.29, 0.717) is 5.56 Å². The first-order chi connectivity index (χ1) is 13.3. The standard InChI is InChI=1S/C22H19BrFNO3/c1-14-11-20(15(2)25(14)19-9-7-18(24)8-10-19)21(26)13-28-22(27)12-16-3-5-17(23)6-4-16/h3-11H,12-13H2,1-2H3. The molecule has 0 radical (unpaired) electrons. The average molecular weight is 444 g/mol. The highest BCUT2D eigenvalue weighted by atomic mass is 79.9. The Balaban J connectivity index is 1.67. The summed E-state index contributed by atoms with van der Waals surface area (Å²) < 4.78 is 21.1. The van der Waals surface area contributed by atoms with Gasteiger partial charge in [0.05, 0.1) is 6.42 Å². The summed E-state index contributed by atoms with van der Waals surface area (Å²) in [5.74, 6) is -1.05. The second-order valence-electron chi connectivity index (χ2n) is 6.48. The number of aryl methyl sites for hydroxylation is 1. The lowest BCUT2D eigenvalue weighted by Gasteiger charge is -2.10. The molecule has 0 N–H and O–H groups in total. The van der Waals surface area contributed by atoms with Gasteiger partial charge < -0.3 is 9.30 Å². The number of hydrogen-bond acceptors (Lipinski definition) is 3. The summed E-state index contributed by atoms with van der Waals surface area (Å²) in [7, 11) is 0. The summed E-state index contributed by atoms with van der Waals surface area (Å²) in [4.78, 5) is 24.6. The van der Waals surface area contributed by atoms with Crippen LogP contribution < -0.4 is 0 Å². The van der Waals surface area contributed by atoms with Crippen LogP contribution in [0.2, 0.25) is 0 Å². The SMILES string of the molecule is Cc1cc(C(=O)COC(=O)Cc2ccc(Br)cc2)c(C)n1-c1ccc(F)cc1. The van der Waals surface area contributed by atoms with Crippen LogP contribution >= 0.6 is 15.9 Å². The first kappa shape index (κ1) is 20.0. The van der Waals surface area contributed by atoms with E-state index in [1.807, 2.05) is 42.7 Å². The number of ether oxygens (including phenoxy) is 1. The molecule has 0 aliphatic carbocycles. The van der Waals surface area contributed by atoms with E-state index in [1.165, 1.54) is 12.1 Å². The van der Waals surface area contributed by atoms with E-state index in [9.17, 15) is 14.0 Å². The molecule has 28 heavy (non-hydrogen) atoms. The lowest BCUT2D eigenvalue weighted by atomic mass is 10.1. The van der Waals surface area contributed by atoms with E-state index in [4.69, 9.17) is 4.74 Å². The zero-order valence-electron chi connectivity index (χ0n) is 15.5. The van der Waals surface area contributed by atoms with Crippen LogP contribution in [0.4, 0.5) is 4.39 Å². The predicted octanol–water partition coefficient (Wildman–Crippen LogP) is 4.96. The first-order valence-corrected chi connectivity index (χ1v) is 9.52. The molecular weight excluding hydrogens is 425 g/mol. The van der Waals surface area contributed by atoms with Gasteiger partial charge >= 0.3 is 5.97 Å². The van der Waals surface area contributed by atoms with Crippen molar-refractivity contribution in [2.75, 3.05) is 6.61 Å². The van der Waals surface area contributed by atoms with E-state index in [0.717, 1.165) is 27.1 Å². The third-order valence-electron chi connectivity index (χ3n) is 4.44. The maximum atomic E-state index is 13.2. The van der Waals surface area contributed by atoms with Crippen molar-refractivity contribution in [1.29, 1.82) is 0 Å². The molecule has 0 saturated heterocycles. The van der Waals surface area contributed by atoms with Crippen molar-refractivity contribution >= 4 is 27.7 Å². The Morgan fingerprint density at radius 1 is 1.04 bits per heavy atom. The molecule has 6 heteroatoms. The topological polar surface area (TPSA) is 48.3 Å². The highest BCUT2D eigenvalue weighted by Gasteiger charge is 2.18. The summed E-state index contributed by atoms with van der Waals surface area (Å²) in [6.45, 7) is 3.36. The summed E-state index contributed by atoms with van der Waals surface area (Å²) >= 11 is 3.34. The van der Waals surface area contributed by atoms with E-state index in [-0.39, 0.29) is 24.6 Å². The molecule has 3 rings (SSSR count). The van der Waals surface area contributed by atoms with Gasteiger partial charge in [-0.1, -0.05) is 28.1 Å². The number of rotatable bonds is 6. The van der Waals surface area contributed by atoms with Gasteiger partial charge in [0, 0.05) is 27.1 Å². The highest BCUT2D eigenvalue weighted by Crippen LogP contribution is 2.21. The van der Waals surface area contributed by atoms with Gasteiger partial charge in [-0.15, -0.1) is 0 Å². The number of ketones is 1. The molecule has 0 amide bonds. The minimum Gasteiger partial charge on any atom is -0.457 e. The molecular formula is C22H19BrFNO3. The smallest absolute Gasteiger partial charge is 0.310 e. The van der Waals surface area contributed by atoms with Crippen molar-refractivity contribution in [3.8, 4) is 5.69 Å². The average Bonchev–Trinajstić information content (AvgIpc) is 2.97. The summed E-state index contributed by atoms with van der Waals surface area (Å²) in [5.41, 5.74) is 3.63. The van der Waals surface area contributed by atoms with Crippen LogP contribution in [0.15, 0.2) is 59.1 Å². The Kier molecular flexibility index (Phi) is 6.09. The predicted molar refractivity (Wildman–Crippen MR) is 108 cm³/mol. The second-order valence-corrected chi connectivity index (χ2v) is 7.40. The summed E-state index contributed by atoms with van der Waals surface area (Å²) in [6, 6.07) is 15.1. The van der Waals surface area contributed by atoms with Crippen LogP contribution in [-0.2, 0) is 16.0 Å². The highest BCUT2D eigenvalue weighted by molar-refractivity contribution is 9.10. The van der Waals surface area contributed by atoms with Crippen molar-refractivity contribution in [2.45, 2.75) is 20.3 Å². The normalized spacial score (nSPS) is 10.7. The van der Waals surface area contributed by atoms with Crippen molar-refractivity contribution in [2.24, 2.45) is 0 Å². The zero-order chi connectivity index (χ0) is 20.3. The van der Waals surface area contributed by atoms with E-state index in [1.54, 1.807) is 18.2 Å². The largest absolute Gasteiger partial charge is 0.457 e. The van der Waals surface area contributed by atoms with Crippen molar-refractivity contribution in [3.63, 3.8) is 0 Å². The monoisotopic (exact) mass is 443 g/mol. The van der Waals surface area contributed by atoms with Gasteiger partial charge in [-0.2, -0.15) is 0 Å². The fourth-order valence-corrected chi connectivity index (χ4v) is 3.34. The maximum Gasteiger partial charge on any atom is 0.310 e. The third-order valence-corrected chi connectivity index (χ3v) is 4.97. The number of benzene rings is 2. The third kappa shape index (κ3) is 4.57. The molecule has 144 valence electrons. The maximum absolute atomic E-state index is 13.2. The van der Waals surface area contributed by atoms with Gasteiger partial charge in [0.1, 0.15) is 5.82 Å². The van der Waals surface area contributed by atoms with E-state index >= 15 is 0 Å². The molecule has 0 aliphatic heterocycles. The molecule has 0 fully saturated rings. The number of halogens is 2. The zero-order valence-corrected chi connectivity index (χ0v) is 17.1. The molecule has 0 spiro atoms. The van der Waals surface area contributed by atoms with Gasteiger partial charge in [-0.3, -0.25) is 9.59 Å². The van der Waals surface area contributed by atoms with Crippen LogP contribution in [-0.4, -0.2) is 22.9 Å². The molecule has 0 aliphatic rings. The van der Waals surface area contributed by atoms with Crippen LogP contribution in [0, 0.1) is 19.7 Å². The molecule has 3 aromatic rings. The number of nitrogens with zero attached hydrogens (tertiary/aromatic N) is 1. The minimum absolute atomic E-state index is 0.106. The molecule has 1 aromatic heterocycles. The Morgan fingerprint density at radius 3 is 2.32 bits per heavy atom. The van der Waals surface area contributed by atoms with Crippen molar-refractivity contribution < 1.29 is 18.7 Å². The number of Topliss-reactive ketones (excluding diaryl/α,β-unsaturated/α-hetero) is 1. The summed E-state index contributed by atoms with van der Waals surface area (Å²) in [5, 5.41) is 0. The number of carbonyl (C=O) groups excluding carboxylic acids is 2. The van der Waals surface area contributed by atoms with Gasteiger partial charge in [-0.05, 0) is 61.9 Å². The number of aromatic nitrogens is 1. The number of esters is 1. The van der Waals surface area contributed by atoms with E-state index in [2.05, 4.69) is 15.9 Å². The van der Waals surface area contributed by atoms with Crippen LogP contribution in [0.1, 0.15) is 27.3 Å². The fraction of sp³-hybridized carbons (Fsp3) is 0.182. The van der Waals surface area contributed by atoms with Crippen LogP contribution in [0.25, 0.3) is 5.69 Å². The lowest BCUT2D eigenvalue weighted by Crippen LogP contribution is -2.16. The molecule has 1 heterocycles. The van der Waals surface area contributed by atoms with Crippen molar-refractivity contribution in [1.82, 2.24) is 4.57 Å².